The Morgan fingerprint density at radius 1 is 1.60 bits per heavy atom. The molecule has 0 saturated heterocycles. The minimum absolute atomic E-state index is 0.0503. The molecule has 1 aromatic rings. The van der Waals surface area contributed by atoms with E-state index in [2.05, 4.69) is 15.9 Å². The summed E-state index contributed by atoms with van der Waals surface area (Å²) in [6, 6.07) is 1.86. The molecular weight excluding hydrogens is 194 g/mol. The summed E-state index contributed by atoms with van der Waals surface area (Å²) in [6.07, 6.45) is 1.74. The Bertz CT molecular complexity index is 303. The predicted octanol–water partition coefficient (Wildman–Crippen LogP) is 1.46. The van der Waals surface area contributed by atoms with Crippen molar-refractivity contribution >= 4 is 15.9 Å². The first kappa shape index (κ1) is 7.54. The lowest BCUT2D eigenvalue weighted by Crippen LogP contribution is -2.18. The maximum atomic E-state index is 11.1. The first-order chi connectivity index (χ1) is 4.63. The Morgan fingerprint density at radius 3 is 2.70 bits per heavy atom. The maximum Gasteiger partial charge on any atom is 0.254 e. The molecule has 0 N–H and O–H groups in total. The predicted molar refractivity (Wildman–Crippen MR) is 44.1 cm³/mol. The standard InChI is InChI=1S/C7H8BrNO/c1-5-6(8)3-4-9(2)7(5)10/h3-4H,1-2H3. The van der Waals surface area contributed by atoms with Crippen molar-refractivity contribution in [2.45, 2.75) is 6.92 Å². The molecule has 0 atom stereocenters. The van der Waals surface area contributed by atoms with Gasteiger partial charge < -0.3 is 4.57 Å². The summed E-state index contributed by atoms with van der Waals surface area (Å²) in [5, 5.41) is 0. The fraction of sp³-hybridized carbons (Fsp3) is 0.286. The van der Waals surface area contributed by atoms with Crippen molar-refractivity contribution < 1.29 is 0 Å². The number of halogens is 1. The second kappa shape index (κ2) is 2.58. The van der Waals surface area contributed by atoms with Crippen LogP contribution in [-0.2, 0) is 7.05 Å². The fourth-order valence-electron chi connectivity index (χ4n) is 0.737. The van der Waals surface area contributed by atoms with E-state index in [9.17, 15) is 4.79 Å². The summed E-state index contributed by atoms with van der Waals surface area (Å²) in [5.74, 6) is 0. The van der Waals surface area contributed by atoms with Crippen molar-refractivity contribution in [3.05, 3.63) is 32.7 Å². The minimum Gasteiger partial charge on any atom is -0.318 e. The third-order valence-corrected chi connectivity index (χ3v) is 2.30. The zero-order chi connectivity index (χ0) is 7.72. The van der Waals surface area contributed by atoms with Crippen molar-refractivity contribution in [2.75, 3.05) is 0 Å². The third kappa shape index (κ3) is 1.14. The molecule has 0 radical (unpaired) electrons. The Balaban J connectivity index is 3.50. The first-order valence-corrected chi connectivity index (χ1v) is 3.74. The molecule has 54 valence electrons. The van der Waals surface area contributed by atoms with E-state index in [4.69, 9.17) is 0 Å². The van der Waals surface area contributed by atoms with Crippen LogP contribution in [0.3, 0.4) is 0 Å². The summed E-state index contributed by atoms with van der Waals surface area (Å²) < 4.78 is 2.43. The zero-order valence-corrected chi connectivity index (χ0v) is 7.47. The Morgan fingerprint density at radius 2 is 2.20 bits per heavy atom. The van der Waals surface area contributed by atoms with Crippen LogP contribution < -0.4 is 5.56 Å². The average molecular weight is 202 g/mol. The van der Waals surface area contributed by atoms with Gasteiger partial charge in [-0.05, 0) is 13.0 Å². The molecule has 1 heterocycles. The van der Waals surface area contributed by atoms with Crippen molar-refractivity contribution in [1.29, 1.82) is 0 Å². The average Bonchev–Trinajstić information content (AvgIpc) is 1.93. The van der Waals surface area contributed by atoms with Gasteiger partial charge in [0.05, 0.1) is 0 Å². The highest BCUT2D eigenvalue weighted by Crippen LogP contribution is 2.09. The monoisotopic (exact) mass is 201 g/mol. The van der Waals surface area contributed by atoms with Crippen LogP contribution in [0.15, 0.2) is 21.5 Å². The molecule has 0 saturated carbocycles. The van der Waals surface area contributed by atoms with Crippen LogP contribution in [0.25, 0.3) is 0 Å². The van der Waals surface area contributed by atoms with Crippen LogP contribution in [0.2, 0.25) is 0 Å². The van der Waals surface area contributed by atoms with E-state index >= 15 is 0 Å². The van der Waals surface area contributed by atoms with Gasteiger partial charge in [0.25, 0.3) is 5.56 Å². The Labute approximate surface area is 67.6 Å². The summed E-state index contributed by atoms with van der Waals surface area (Å²) in [6.45, 7) is 1.80. The second-order valence-electron chi connectivity index (χ2n) is 2.20. The molecular formula is C7H8BrNO. The maximum absolute atomic E-state index is 11.1. The largest absolute Gasteiger partial charge is 0.318 e. The van der Waals surface area contributed by atoms with Crippen LogP contribution in [0.5, 0.6) is 0 Å². The van der Waals surface area contributed by atoms with E-state index in [1.807, 2.05) is 6.07 Å². The van der Waals surface area contributed by atoms with Crippen LogP contribution in [0, 0.1) is 6.92 Å². The minimum atomic E-state index is 0.0503. The van der Waals surface area contributed by atoms with Gasteiger partial charge in [-0.2, -0.15) is 0 Å². The third-order valence-electron chi connectivity index (χ3n) is 1.44. The van der Waals surface area contributed by atoms with Crippen molar-refractivity contribution in [1.82, 2.24) is 4.57 Å². The first-order valence-electron chi connectivity index (χ1n) is 2.94. The molecule has 0 spiro atoms. The van der Waals surface area contributed by atoms with E-state index in [-0.39, 0.29) is 5.56 Å². The molecule has 0 aliphatic rings. The van der Waals surface area contributed by atoms with Gasteiger partial charge in [0.2, 0.25) is 0 Å². The lowest BCUT2D eigenvalue weighted by Gasteiger charge is -1.99. The van der Waals surface area contributed by atoms with Crippen molar-refractivity contribution in [3.8, 4) is 0 Å². The highest BCUT2D eigenvalue weighted by Gasteiger charge is 1.98. The van der Waals surface area contributed by atoms with Crippen molar-refractivity contribution in [3.63, 3.8) is 0 Å². The molecule has 3 heteroatoms. The molecule has 1 rings (SSSR count). The molecule has 0 fully saturated rings. The number of aryl methyl sites for hydroxylation is 1. The number of pyridine rings is 1. The van der Waals surface area contributed by atoms with Crippen LogP contribution in [-0.4, -0.2) is 4.57 Å². The van der Waals surface area contributed by atoms with Gasteiger partial charge in [-0.15, -0.1) is 0 Å². The molecule has 0 unspecified atom stereocenters. The van der Waals surface area contributed by atoms with Crippen LogP contribution in [0.1, 0.15) is 5.56 Å². The van der Waals surface area contributed by atoms with E-state index in [1.54, 1.807) is 24.7 Å². The molecule has 0 aliphatic carbocycles. The van der Waals surface area contributed by atoms with Gasteiger partial charge in [0.15, 0.2) is 0 Å². The van der Waals surface area contributed by atoms with Crippen LogP contribution >= 0.6 is 15.9 Å². The van der Waals surface area contributed by atoms with Gasteiger partial charge in [-0.1, -0.05) is 15.9 Å². The summed E-state index contributed by atoms with van der Waals surface area (Å²) in [5.41, 5.74) is 0.805. The number of nitrogens with zero attached hydrogens (tertiary/aromatic N) is 1. The lowest BCUT2D eigenvalue weighted by atomic mass is 10.3. The van der Waals surface area contributed by atoms with E-state index < -0.39 is 0 Å². The van der Waals surface area contributed by atoms with Gasteiger partial charge in [-0.3, -0.25) is 4.79 Å². The second-order valence-corrected chi connectivity index (χ2v) is 3.06. The molecule has 1 aromatic heterocycles. The lowest BCUT2D eigenvalue weighted by molar-refractivity contribution is 0.845. The van der Waals surface area contributed by atoms with E-state index in [0.29, 0.717) is 0 Å². The highest BCUT2D eigenvalue weighted by atomic mass is 79.9. The smallest absolute Gasteiger partial charge is 0.254 e. The van der Waals surface area contributed by atoms with Gasteiger partial charge in [0, 0.05) is 23.3 Å². The number of hydrogen-bond donors (Lipinski definition) is 0. The fourth-order valence-corrected chi connectivity index (χ4v) is 1.02. The number of aromatic nitrogens is 1. The van der Waals surface area contributed by atoms with Crippen molar-refractivity contribution in [2.24, 2.45) is 7.05 Å². The normalized spacial score (nSPS) is 9.90. The highest BCUT2D eigenvalue weighted by molar-refractivity contribution is 9.10. The van der Waals surface area contributed by atoms with Gasteiger partial charge in [0.1, 0.15) is 0 Å². The quantitative estimate of drug-likeness (QED) is 0.624. The topological polar surface area (TPSA) is 22.0 Å². The number of hydrogen-bond acceptors (Lipinski definition) is 1. The summed E-state index contributed by atoms with van der Waals surface area (Å²) in [7, 11) is 1.74. The molecule has 10 heavy (non-hydrogen) atoms. The molecule has 0 aromatic carbocycles. The Kier molecular flexibility index (Phi) is 1.94. The van der Waals surface area contributed by atoms with Gasteiger partial charge >= 0.3 is 0 Å². The number of rotatable bonds is 0. The van der Waals surface area contributed by atoms with Gasteiger partial charge in [-0.25, -0.2) is 0 Å². The van der Waals surface area contributed by atoms with Crippen LogP contribution in [0.4, 0.5) is 0 Å². The SMILES string of the molecule is Cc1c(Br)ccn(C)c1=O. The van der Waals surface area contributed by atoms with E-state index in [1.165, 1.54) is 0 Å². The molecule has 0 amide bonds. The van der Waals surface area contributed by atoms with E-state index in [0.717, 1.165) is 10.0 Å². The Hall–Kier alpha value is -0.570. The zero-order valence-electron chi connectivity index (χ0n) is 5.89. The summed E-state index contributed by atoms with van der Waals surface area (Å²) >= 11 is 3.27. The molecule has 0 bridgehead atoms. The molecule has 0 aliphatic heterocycles. The molecule has 2 nitrogen and oxygen atoms in total. The summed E-state index contributed by atoms with van der Waals surface area (Å²) in [4.78, 5) is 11.1.